The predicted molar refractivity (Wildman–Crippen MR) is 74.3 cm³/mol. The van der Waals surface area contributed by atoms with Crippen molar-refractivity contribution in [3.63, 3.8) is 0 Å². The third-order valence-corrected chi connectivity index (χ3v) is 4.00. The Morgan fingerprint density at radius 1 is 1.47 bits per heavy atom. The van der Waals surface area contributed by atoms with Gasteiger partial charge < -0.3 is 15.0 Å². The molecule has 1 aromatic rings. The van der Waals surface area contributed by atoms with Gasteiger partial charge in [-0.05, 0) is 18.8 Å². The Bertz CT molecular complexity index is 431. The standard InChI is InChI=1S/C14H22N4O/c1-18(8-11-3-2-6-19-9-11)14-12-7-15-5-4-13(12)16-10-17-14/h10-11,15H,2-9H2,1H3. The third kappa shape index (κ3) is 2.87. The quantitative estimate of drug-likeness (QED) is 0.880. The average Bonchev–Trinajstić information content (AvgIpc) is 2.47. The molecule has 1 fully saturated rings. The molecule has 0 radical (unpaired) electrons. The zero-order valence-corrected chi connectivity index (χ0v) is 11.6. The van der Waals surface area contributed by atoms with E-state index < -0.39 is 0 Å². The van der Waals surface area contributed by atoms with E-state index in [9.17, 15) is 0 Å². The highest BCUT2D eigenvalue weighted by Gasteiger charge is 2.21. The minimum Gasteiger partial charge on any atom is -0.381 e. The predicted octanol–water partition coefficient (Wildman–Crippen LogP) is 0.985. The Labute approximate surface area is 114 Å². The molecule has 0 saturated carbocycles. The second kappa shape index (κ2) is 5.84. The number of hydrogen-bond donors (Lipinski definition) is 1. The third-order valence-electron chi connectivity index (χ3n) is 4.00. The zero-order chi connectivity index (χ0) is 13.1. The highest BCUT2D eigenvalue weighted by Crippen LogP contribution is 2.23. The van der Waals surface area contributed by atoms with Crippen LogP contribution in [0.15, 0.2) is 6.33 Å². The summed E-state index contributed by atoms with van der Waals surface area (Å²) < 4.78 is 5.56. The summed E-state index contributed by atoms with van der Waals surface area (Å²) in [5, 5.41) is 3.41. The van der Waals surface area contributed by atoms with E-state index in [1.165, 1.54) is 24.1 Å². The van der Waals surface area contributed by atoms with Gasteiger partial charge in [0, 0.05) is 45.3 Å². The second-order valence-electron chi connectivity index (χ2n) is 5.51. The fourth-order valence-corrected chi connectivity index (χ4v) is 3.01. The highest BCUT2D eigenvalue weighted by atomic mass is 16.5. The van der Waals surface area contributed by atoms with E-state index in [-0.39, 0.29) is 0 Å². The fraction of sp³-hybridized carbons (Fsp3) is 0.714. The summed E-state index contributed by atoms with van der Waals surface area (Å²) >= 11 is 0. The van der Waals surface area contributed by atoms with Crippen LogP contribution in [-0.4, -0.2) is 43.3 Å². The lowest BCUT2D eigenvalue weighted by Gasteiger charge is -2.30. The van der Waals surface area contributed by atoms with Gasteiger partial charge in [-0.2, -0.15) is 0 Å². The molecule has 104 valence electrons. The maximum absolute atomic E-state index is 5.56. The number of nitrogens with zero attached hydrogens (tertiary/aromatic N) is 3. The van der Waals surface area contributed by atoms with Gasteiger partial charge in [0.05, 0.1) is 12.3 Å². The molecule has 1 aromatic heterocycles. The number of fused-ring (bicyclic) bond motifs is 1. The molecule has 5 nitrogen and oxygen atoms in total. The fourth-order valence-electron chi connectivity index (χ4n) is 3.01. The zero-order valence-electron chi connectivity index (χ0n) is 11.6. The molecule has 0 bridgehead atoms. The van der Waals surface area contributed by atoms with Crippen molar-refractivity contribution in [3.05, 3.63) is 17.6 Å². The van der Waals surface area contributed by atoms with Gasteiger partial charge in [0.15, 0.2) is 0 Å². The van der Waals surface area contributed by atoms with Crippen LogP contribution in [0, 0.1) is 5.92 Å². The molecule has 1 atom stereocenters. The molecule has 1 N–H and O–H groups in total. The van der Waals surface area contributed by atoms with Crippen LogP contribution in [0.2, 0.25) is 0 Å². The van der Waals surface area contributed by atoms with Crippen LogP contribution >= 0.6 is 0 Å². The van der Waals surface area contributed by atoms with Crippen molar-refractivity contribution in [2.45, 2.75) is 25.8 Å². The van der Waals surface area contributed by atoms with E-state index in [2.05, 4.69) is 27.2 Å². The number of ether oxygens (including phenoxy) is 1. The Hall–Kier alpha value is -1.20. The van der Waals surface area contributed by atoms with Gasteiger partial charge in [-0.1, -0.05) is 0 Å². The van der Waals surface area contributed by atoms with Crippen molar-refractivity contribution >= 4 is 5.82 Å². The van der Waals surface area contributed by atoms with Crippen LogP contribution < -0.4 is 10.2 Å². The molecule has 1 saturated heterocycles. The first-order chi connectivity index (χ1) is 9.34. The molecule has 1 unspecified atom stereocenters. The average molecular weight is 262 g/mol. The summed E-state index contributed by atoms with van der Waals surface area (Å²) in [6.45, 7) is 4.73. The lowest BCUT2D eigenvalue weighted by Crippen LogP contribution is -2.34. The van der Waals surface area contributed by atoms with Gasteiger partial charge >= 0.3 is 0 Å². The van der Waals surface area contributed by atoms with Crippen LogP contribution in [-0.2, 0) is 17.7 Å². The Morgan fingerprint density at radius 3 is 3.26 bits per heavy atom. The van der Waals surface area contributed by atoms with E-state index in [1.807, 2.05) is 0 Å². The molecule has 19 heavy (non-hydrogen) atoms. The van der Waals surface area contributed by atoms with Crippen LogP contribution in [0.1, 0.15) is 24.1 Å². The van der Waals surface area contributed by atoms with Gasteiger partial charge in [-0.25, -0.2) is 9.97 Å². The van der Waals surface area contributed by atoms with Gasteiger partial charge in [0.25, 0.3) is 0 Å². The monoisotopic (exact) mass is 262 g/mol. The normalized spacial score (nSPS) is 22.9. The van der Waals surface area contributed by atoms with E-state index in [1.54, 1.807) is 6.33 Å². The van der Waals surface area contributed by atoms with Gasteiger partial charge in [-0.3, -0.25) is 0 Å². The lowest BCUT2D eigenvalue weighted by molar-refractivity contribution is 0.0576. The molecule has 2 aliphatic rings. The van der Waals surface area contributed by atoms with Gasteiger partial charge in [0.1, 0.15) is 12.1 Å². The summed E-state index contributed by atoms with van der Waals surface area (Å²) in [7, 11) is 2.13. The first-order valence-electron chi connectivity index (χ1n) is 7.17. The summed E-state index contributed by atoms with van der Waals surface area (Å²) in [5.74, 6) is 1.71. The number of rotatable bonds is 3. The van der Waals surface area contributed by atoms with Crippen LogP contribution in [0.3, 0.4) is 0 Å². The summed E-state index contributed by atoms with van der Waals surface area (Å²) in [6, 6.07) is 0. The maximum atomic E-state index is 5.56. The van der Waals surface area contributed by atoms with Gasteiger partial charge in [0.2, 0.25) is 0 Å². The lowest BCUT2D eigenvalue weighted by atomic mass is 10.0. The molecule has 0 amide bonds. The molecule has 3 rings (SSSR count). The van der Waals surface area contributed by atoms with Crippen molar-refractivity contribution in [2.75, 3.05) is 38.3 Å². The Morgan fingerprint density at radius 2 is 2.42 bits per heavy atom. The second-order valence-corrected chi connectivity index (χ2v) is 5.51. The van der Waals surface area contributed by atoms with E-state index in [4.69, 9.17) is 4.74 Å². The maximum Gasteiger partial charge on any atom is 0.136 e. The molecule has 5 heteroatoms. The van der Waals surface area contributed by atoms with E-state index in [0.717, 1.165) is 45.1 Å². The molecular weight excluding hydrogens is 240 g/mol. The number of hydrogen-bond acceptors (Lipinski definition) is 5. The summed E-state index contributed by atoms with van der Waals surface area (Å²) in [5.41, 5.74) is 2.48. The molecule has 0 spiro atoms. The van der Waals surface area contributed by atoms with Crippen molar-refractivity contribution < 1.29 is 4.74 Å². The SMILES string of the molecule is CN(CC1CCCOC1)c1ncnc2c1CNCC2. The topological polar surface area (TPSA) is 50.3 Å². The van der Waals surface area contributed by atoms with Crippen molar-refractivity contribution in [1.82, 2.24) is 15.3 Å². The summed E-state index contributed by atoms with van der Waals surface area (Å²) in [6.07, 6.45) is 5.15. The first-order valence-corrected chi connectivity index (χ1v) is 7.17. The highest BCUT2D eigenvalue weighted by molar-refractivity contribution is 5.48. The van der Waals surface area contributed by atoms with E-state index in [0.29, 0.717) is 5.92 Å². The number of nitrogens with one attached hydrogen (secondary N) is 1. The summed E-state index contributed by atoms with van der Waals surface area (Å²) in [4.78, 5) is 11.2. The Kier molecular flexibility index (Phi) is 3.94. The van der Waals surface area contributed by atoms with Crippen molar-refractivity contribution in [1.29, 1.82) is 0 Å². The smallest absolute Gasteiger partial charge is 0.136 e. The van der Waals surface area contributed by atoms with Crippen LogP contribution in [0.25, 0.3) is 0 Å². The molecule has 2 aliphatic heterocycles. The van der Waals surface area contributed by atoms with E-state index >= 15 is 0 Å². The largest absolute Gasteiger partial charge is 0.381 e. The Balaban J connectivity index is 1.73. The van der Waals surface area contributed by atoms with Crippen molar-refractivity contribution in [3.8, 4) is 0 Å². The van der Waals surface area contributed by atoms with Gasteiger partial charge in [-0.15, -0.1) is 0 Å². The van der Waals surface area contributed by atoms with Crippen LogP contribution in [0.4, 0.5) is 5.82 Å². The molecule has 3 heterocycles. The minimum absolute atomic E-state index is 0.626. The molecule has 0 aliphatic carbocycles. The number of anilines is 1. The minimum atomic E-state index is 0.626. The first kappa shape index (κ1) is 12.8. The van der Waals surface area contributed by atoms with Crippen LogP contribution in [0.5, 0.6) is 0 Å². The molecular formula is C14H22N4O. The number of aromatic nitrogens is 2. The molecule has 0 aromatic carbocycles. The van der Waals surface area contributed by atoms with Crippen molar-refractivity contribution in [2.24, 2.45) is 5.92 Å².